The molecule has 0 aromatic carbocycles. The number of primary amides is 1. The van der Waals surface area contributed by atoms with E-state index in [1.54, 1.807) is 7.11 Å². The van der Waals surface area contributed by atoms with E-state index in [4.69, 9.17) is 10.5 Å². The number of nitrogens with two attached hydrogens (primary N) is 1. The third-order valence-corrected chi connectivity index (χ3v) is 3.95. The molecular weight excluding hydrogens is 244 g/mol. The van der Waals surface area contributed by atoms with Crippen LogP contribution in [-0.4, -0.2) is 46.8 Å². The molecule has 0 bridgehead atoms. The number of amides is 1. The number of nitrogens with zero attached hydrogens (tertiary/aromatic N) is 2. The number of likely N-dealkylation sites (tertiary alicyclic amines) is 1. The third kappa shape index (κ3) is 2.96. The summed E-state index contributed by atoms with van der Waals surface area (Å²) >= 11 is 0. The lowest BCUT2D eigenvalue weighted by Crippen LogP contribution is -2.49. The van der Waals surface area contributed by atoms with Crippen molar-refractivity contribution in [3.05, 3.63) is 17.5 Å². The summed E-state index contributed by atoms with van der Waals surface area (Å²) in [5, 5.41) is 6.99. The molecule has 106 valence electrons. The normalized spacial score (nSPS) is 23.9. The Morgan fingerprint density at radius 3 is 3.05 bits per heavy atom. The Kier molecular flexibility index (Phi) is 4.21. The van der Waals surface area contributed by atoms with Gasteiger partial charge in [0.2, 0.25) is 5.91 Å². The van der Waals surface area contributed by atoms with Crippen molar-refractivity contribution in [2.24, 2.45) is 5.73 Å². The first-order valence-electron chi connectivity index (χ1n) is 6.58. The second kappa shape index (κ2) is 5.71. The molecule has 3 N–H and O–H groups in total. The maximum absolute atomic E-state index is 11.4. The molecule has 19 heavy (non-hydrogen) atoms. The summed E-state index contributed by atoms with van der Waals surface area (Å²) in [5.41, 5.74) is 7.38. The molecule has 1 fully saturated rings. The maximum atomic E-state index is 11.4. The van der Waals surface area contributed by atoms with Gasteiger partial charge in [0.05, 0.1) is 18.3 Å². The molecule has 0 unspecified atom stereocenters. The van der Waals surface area contributed by atoms with E-state index in [0.717, 1.165) is 37.2 Å². The molecule has 1 aliphatic heterocycles. The van der Waals surface area contributed by atoms with Crippen molar-refractivity contribution in [1.82, 2.24) is 15.1 Å². The number of hydrogen-bond acceptors (Lipinski definition) is 4. The van der Waals surface area contributed by atoms with Gasteiger partial charge in [-0.2, -0.15) is 5.10 Å². The fourth-order valence-corrected chi connectivity index (χ4v) is 2.99. The third-order valence-electron chi connectivity index (χ3n) is 3.95. The molecule has 6 heteroatoms. The van der Waals surface area contributed by atoms with Crippen molar-refractivity contribution in [2.75, 3.05) is 20.3 Å². The van der Waals surface area contributed by atoms with E-state index in [1.165, 1.54) is 0 Å². The van der Waals surface area contributed by atoms with Crippen LogP contribution in [0.15, 0.2) is 6.20 Å². The van der Waals surface area contributed by atoms with Gasteiger partial charge in [-0.05, 0) is 26.3 Å². The predicted molar refractivity (Wildman–Crippen MR) is 71.4 cm³/mol. The summed E-state index contributed by atoms with van der Waals surface area (Å²) < 4.78 is 5.34. The zero-order valence-corrected chi connectivity index (χ0v) is 11.6. The van der Waals surface area contributed by atoms with Crippen molar-refractivity contribution in [3.8, 4) is 0 Å². The zero-order valence-electron chi connectivity index (χ0n) is 11.6. The van der Waals surface area contributed by atoms with Gasteiger partial charge in [-0.3, -0.25) is 14.8 Å². The highest BCUT2D eigenvalue weighted by atomic mass is 16.5. The highest BCUT2D eigenvalue weighted by Gasteiger charge is 2.42. The van der Waals surface area contributed by atoms with Crippen LogP contribution in [0.2, 0.25) is 0 Å². The number of hydrogen-bond donors (Lipinski definition) is 2. The molecule has 2 heterocycles. The Labute approximate surface area is 113 Å². The van der Waals surface area contributed by atoms with Gasteiger partial charge >= 0.3 is 0 Å². The van der Waals surface area contributed by atoms with Crippen LogP contribution in [0.5, 0.6) is 0 Å². The maximum Gasteiger partial charge on any atom is 0.219 e. The number of ether oxygens (including phenoxy) is 1. The van der Waals surface area contributed by atoms with Crippen molar-refractivity contribution < 1.29 is 9.53 Å². The van der Waals surface area contributed by atoms with Gasteiger partial charge in [0.25, 0.3) is 0 Å². The fraction of sp³-hybridized carbons (Fsp3) is 0.692. The van der Waals surface area contributed by atoms with E-state index in [-0.39, 0.29) is 11.4 Å². The predicted octanol–water partition coefficient (Wildman–Crippen LogP) is 0.575. The fourth-order valence-electron chi connectivity index (χ4n) is 2.99. The van der Waals surface area contributed by atoms with Crippen LogP contribution >= 0.6 is 0 Å². The van der Waals surface area contributed by atoms with Crippen LogP contribution < -0.4 is 5.73 Å². The molecule has 2 rings (SSSR count). The molecule has 0 radical (unpaired) electrons. The number of carbonyl (C=O) groups excluding carboxylic acids is 1. The van der Waals surface area contributed by atoms with E-state index in [1.807, 2.05) is 13.1 Å². The smallest absolute Gasteiger partial charge is 0.219 e. The van der Waals surface area contributed by atoms with Crippen LogP contribution in [0, 0.1) is 6.92 Å². The molecule has 1 aromatic rings. The van der Waals surface area contributed by atoms with Gasteiger partial charge in [-0.1, -0.05) is 0 Å². The molecule has 1 amide bonds. The summed E-state index contributed by atoms with van der Waals surface area (Å²) in [6, 6.07) is 0. The Balaban J connectivity index is 2.16. The Bertz CT molecular complexity index is 446. The van der Waals surface area contributed by atoms with E-state index in [0.29, 0.717) is 13.0 Å². The van der Waals surface area contributed by atoms with Crippen LogP contribution in [0.4, 0.5) is 0 Å². The Hall–Kier alpha value is -1.40. The molecule has 0 spiro atoms. The topological polar surface area (TPSA) is 84.2 Å². The van der Waals surface area contributed by atoms with Crippen molar-refractivity contribution >= 4 is 5.91 Å². The molecule has 1 atom stereocenters. The van der Waals surface area contributed by atoms with Crippen LogP contribution in [-0.2, 0) is 16.1 Å². The van der Waals surface area contributed by atoms with E-state index in [2.05, 4.69) is 15.1 Å². The number of methoxy groups -OCH3 is 1. The quantitative estimate of drug-likeness (QED) is 0.788. The minimum Gasteiger partial charge on any atom is -0.383 e. The Morgan fingerprint density at radius 1 is 1.68 bits per heavy atom. The molecule has 0 aliphatic carbocycles. The number of carbonyl (C=O) groups is 1. The number of H-pyrrole nitrogens is 1. The molecule has 1 aliphatic rings. The molecule has 6 nitrogen and oxygen atoms in total. The molecule has 1 saturated heterocycles. The standard InChI is InChI=1S/C13H22N4O2/c1-10-11(7-15-16-10)8-17-5-3-4-13(17,9-19-2)6-12(14)18/h7H,3-6,8-9H2,1-2H3,(H2,14,18)(H,15,16)/t13-/m1/s1. The van der Waals surface area contributed by atoms with Crippen LogP contribution in [0.1, 0.15) is 30.5 Å². The minimum atomic E-state index is -0.270. The molecular formula is C13H22N4O2. The van der Waals surface area contributed by atoms with E-state index < -0.39 is 0 Å². The number of aromatic nitrogens is 2. The summed E-state index contributed by atoms with van der Waals surface area (Å²) in [4.78, 5) is 13.7. The van der Waals surface area contributed by atoms with Crippen molar-refractivity contribution in [1.29, 1.82) is 0 Å². The average Bonchev–Trinajstić information content (AvgIpc) is 2.88. The highest BCUT2D eigenvalue weighted by molar-refractivity contribution is 5.75. The summed E-state index contributed by atoms with van der Waals surface area (Å²) in [7, 11) is 1.67. The number of aromatic amines is 1. The first-order valence-corrected chi connectivity index (χ1v) is 6.58. The highest BCUT2D eigenvalue weighted by Crippen LogP contribution is 2.34. The zero-order chi connectivity index (χ0) is 13.9. The Morgan fingerprint density at radius 2 is 2.47 bits per heavy atom. The summed E-state index contributed by atoms with van der Waals surface area (Å²) in [5.74, 6) is -0.270. The first kappa shape index (κ1) is 14.0. The largest absolute Gasteiger partial charge is 0.383 e. The lowest BCUT2D eigenvalue weighted by Gasteiger charge is -2.37. The van der Waals surface area contributed by atoms with Gasteiger partial charge in [0.1, 0.15) is 0 Å². The SMILES string of the molecule is COC[C@]1(CC(N)=O)CCCN1Cc1cn[nH]c1C. The molecule has 1 aromatic heterocycles. The van der Waals surface area contributed by atoms with Gasteiger partial charge in [0.15, 0.2) is 0 Å². The lowest BCUT2D eigenvalue weighted by atomic mass is 9.92. The van der Waals surface area contributed by atoms with Crippen LogP contribution in [0.25, 0.3) is 0 Å². The van der Waals surface area contributed by atoms with Crippen molar-refractivity contribution in [2.45, 2.75) is 38.3 Å². The summed E-state index contributed by atoms with van der Waals surface area (Å²) in [6.45, 7) is 4.28. The van der Waals surface area contributed by atoms with Gasteiger partial charge in [-0.15, -0.1) is 0 Å². The van der Waals surface area contributed by atoms with Gasteiger partial charge in [0, 0.05) is 31.3 Å². The van der Waals surface area contributed by atoms with Crippen molar-refractivity contribution in [3.63, 3.8) is 0 Å². The van der Waals surface area contributed by atoms with Gasteiger partial charge < -0.3 is 10.5 Å². The minimum absolute atomic E-state index is 0.260. The summed E-state index contributed by atoms with van der Waals surface area (Å²) in [6.07, 6.45) is 4.20. The number of nitrogens with one attached hydrogen (secondary N) is 1. The average molecular weight is 266 g/mol. The number of rotatable bonds is 6. The van der Waals surface area contributed by atoms with Gasteiger partial charge in [-0.25, -0.2) is 0 Å². The van der Waals surface area contributed by atoms with E-state index >= 15 is 0 Å². The number of aryl methyl sites for hydroxylation is 1. The van der Waals surface area contributed by atoms with Crippen LogP contribution in [0.3, 0.4) is 0 Å². The van der Waals surface area contributed by atoms with E-state index in [9.17, 15) is 4.79 Å². The monoisotopic (exact) mass is 266 g/mol. The second-order valence-electron chi connectivity index (χ2n) is 5.35. The lowest BCUT2D eigenvalue weighted by molar-refractivity contribution is -0.121. The second-order valence-corrected chi connectivity index (χ2v) is 5.35. The molecule has 0 saturated carbocycles. The first-order chi connectivity index (χ1) is 9.07.